The van der Waals surface area contributed by atoms with Crippen LogP contribution < -0.4 is 4.90 Å². The van der Waals surface area contributed by atoms with E-state index in [-0.39, 0.29) is 0 Å². The number of carbonyl (C=O) groups excluding carboxylic acids is 1. The topological polar surface area (TPSA) is 43.8 Å². The zero-order valence-electron chi connectivity index (χ0n) is 12.0. The molecule has 0 saturated carbocycles. The van der Waals surface area contributed by atoms with Crippen molar-refractivity contribution in [2.24, 2.45) is 0 Å². The maximum absolute atomic E-state index is 10.8. The number of halogens is 1. The number of hydrogen-bond acceptors (Lipinski definition) is 4. The molecule has 0 amide bonds. The van der Waals surface area contributed by atoms with Crippen molar-refractivity contribution in [3.63, 3.8) is 0 Å². The van der Waals surface area contributed by atoms with Gasteiger partial charge >= 0.3 is 0 Å². The second-order valence-electron chi connectivity index (χ2n) is 5.90. The van der Waals surface area contributed by atoms with Gasteiger partial charge in [-0.25, -0.2) is 0 Å². The van der Waals surface area contributed by atoms with Gasteiger partial charge in [0.2, 0.25) is 0 Å². The standard InChI is InChI=1S/C15H21ClN2O2/c1-15(2,20)11-17-5-7-18(8-6-17)13-4-3-12(10-19)14(16)9-13/h3-4,9-10,20H,5-8,11H2,1-2H3. The summed E-state index contributed by atoms with van der Waals surface area (Å²) in [6.45, 7) is 7.97. The van der Waals surface area contributed by atoms with Crippen molar-refractivity contribution in [1.29, 1.82) is 0 Å². The van der Waals surface area contributed by atoms with Crippen LogP contribution >= 0.6 is 11.6 Å². The Hall–Kier alpha value is -1.10. The number of benzene rings is 1. The summed E-state index contributed by atoms with van der Waals surface area (Å²) in [5.41, 5.74) is 0.913. The fourth-order valence-electron chi connectivity index (χ4n) is 2.52. The molecule has 5 heteroatoms. The molecule has 0 spiro atoms. The Bertz CT molecular complexity index is 477. The molecular formula is C15H21ClN2O2. The van der Waals surface area contributed by atoms with E-state index in [1.165, 1.54) is 0 Å². The number of aliphatic hydroxyl groups is 1. The van der Waals surface area contributed by atoms with Crippen molar-refractivity contribution in [3.8, 4) is 0 Å². The number of nitrogens with zero attached hydrogens (tertiary/aromatic N) is 2. The number of rotatable bonds is 4. The fraction of sp³-hybridized carbons (Fsp3) is 0.533. The first kappa shape index (κ1) is 15.3. The maximum atomic E-state index is 10.8. The average molecular weight is 297 g/mol. The van der Waals surface area contributed by atoms with Gasteiger partial charge in [-0.15, -0.1) is 0 Å². The van der Waals surface area contributed by atoms with E-state index >= 15 is 0 Å². The Labute approximate surface area is 124 Å². The van der Waals surface area contributed by atoms with Crippen LogP contribution in [0.4, 0.5) is 5.69 Å². The van der Waals surface area contributed by atoms with Gasteiger partial charge in [0.25, 0.3) is 0 Å². The lowest BCUT2D eigenvalue weighted by atomic mass is 10.1. The summed E-state index contributed by atoms with van der Waals surface area (Å²) in [7, 11) is 0. The van der Waals surface area contributed by atoms with Crippen molar-refractivity contribution in [3.05, 3.63) is 28.8 Å². The molecule has 1 aromatic carbocycles. The number of aldehydes is 1. The van der Waals surface area contributed by atoms with E-state index < -0.39 is 5.60 Å². The number of carbonyl (C=O) groups is 1. The number of hydrogen-bond donors (Lipinski definition) is 1. The van der Waals surface area contributed by atoms with Gasteiger partial charge in [-0.1, -0.05) is 11.6 Å². The van der Waals surface area contributed by atoms with E-state index in [1.54, 1.807) is 6.07 Å². The molecule has 1 aliphatic heterocycles. The first-order valence-corrected chi connectivity index (χ1v) is 7.21. The minimum Gasteiger partial charge on any atom is -0.389 e. The van der Waals surface area contributed by atoms with Crippen LogP contribution in [0.1, 0.15) is 24.2 Å². The predicted molar refractivity (Wildman–Crippen MR) is 81.8 cm³/mol. The van der Waals surface area contributed by atoms with Crippen LogP contribution in [0.3, 0.4) is 0 Å². The SMILES string of the molecule is CC(C)(O)CN1CCN(c2ccc(C=O)c(Cl)c2)CC1. The number of anilines is 1. The van der Waals surface area contributed by atoms with E-state index in [0.717, 1.165) is 38.2 Å². The fourth-order valence-corrected chi connectivity index (χ4v) is 2.74. The largest absolute Gasteiger partial charge is 0.389 e. The minimum absolute atomic E-state index is 0.497. The highest BCUT2D eigenvalue weighted by Gasteiger charge is 2.23. The third kappa shape index (κ3) is 3.95. The molecular weight excluding hydrogens is 276 g/mol. The van der Waals surface area contributed by atoms with E-state index in [4.69, 9.17) is 11.6 Å². The lowest BCUT2D eigenvalue weighted by molar-refractivity contribution is 0.0345. The molecule has 0 unspecified atom stereocenters. The summed E-state index contributed by atoms with van der Waals surface area (Å²) in [6.07, 6.45) is 0.771. The Kier molecular flexibility index (Phi) is 4.68. The van der Waals surface area contributed by atoms with Crippen LogP contribution in [0.5, 0.6) is 0 Å². The van der Waals surface area contributed by atoms with Crippen molar-refractivity contribution in [2.45, 2.75) is 19.4 Å². The van der Waals surface area contributed by atoms with Crippen LogP contribution in [-0.2, 0) is 0 Å². The van der Waals surface area contributed by atoms with Crippen LogP contribution in [0, 0.1) is 0 Å². The second-order valence-corrected chi connectivity index (χ2v) is 6.31. The van der Waals surface area contributed by atoms with Gasteiger partial charge in [0.1, 0.15) is 0 Å². The third-order valence-corrected chi connectivity index (χ3v) is 3.79. The molecule has 4 nitrogen and oxygen atoms in total. The van der Waals surface area contributed by atoms with E-state index in [9.17, 15) is 9.90 Å². The quantitative estimate of drug-likeness (QED) is 0.864. The monoisotopic (exact) mass is 296 g/mol. The Morgan fingerprint density at radius 3 is 2.45 bits per heavy atom. The van der Waals surface area contributed by atoms with Gasteiger partial charge in [-0.3, -0.25) is 9.69 Å². The zero-order chi connectivity index (χ0) is 14.8. The number of β-amino-alcohol motifs (C(OH)–C–C–N with tert-alkyl or cyclic N) is 1. The van der Waals surface area contributed by atoms with Crippen molar-refractivity contribution >= 4 is 23.6 Å². The average Bonchev–Trinajstić information content (AvgIpc) is 2.37. The molecule has 110 valence electrons. The van der Waals surface area contributed by atoms with E-state index in [2.05, 4.69) is 9.80 Å². The van der Waals surface area contributed by atoms with Crippen LogP contribution in [0.15, 0.2) is 18.2 Å². The lowest BCUT2D eigenvalue weighted by Gasteiger charge is -2.38. The van der Waals surface area contributed by atoms with E-state index in [0.29, 0.717) is 17.1 Å². The van der Waals surface area contributed by atoms with Gasteiger partial charge in [0, 0.05) is 44.0 Å². The zero-order valence-corrected chi connectivity index (χ0v) is 12.7. The van der Waals surface area contributed by atoms with Gasteiger partial charge in [0.05, 0.1) is 10.6 Å². The van der Waals surface area contributed by atoms with Crippen molar-refractivity contribution < 1.29 is 9.90 Å². The molecule has 1 N–H and O–H groups in total. The smallest absolute Gasteiger partial charge is 0.151 e. The predicted octanol–water partition coefficient (Wildman–Crippen LogP) is 2.05. The van der Waals surface area contributed by atoms with Gasteiger partial charge < -0.3 is 10.0 Å². The Morgan fingerprint density at radius 1 is 1.30 bits per heavy atom. The highest BCUT2D eigenvalue weighted by Crippen LogP contribution is 2.24. The molecule has 0 atom stereocenters. The summed E-state index contributed by atoms with van der Waals surface area (Å²) in [6, 6.07) is 5.53. The molecule has 1 aromatic rings. The summed E-state index contributed by atoms with van der Waals surface area (Å²) >= 11 is 6.06. The number of piperazine rings is 1. The van der Waals surface area contributed by atoms with Crippen LogP contribution in [0.25, 0.3) is 0 Å². The molecule has 0 aromatic heterocycles. The molecule has 2 rings (SSSR count). The normalized spacial score (nSPS) is 17.3. The second kappa shape index (κ2) is 6.12. The minimum atomic E-state index is -0.656. The molecule has 1 heterocycles. The Morgan fingerprint density at radius 2 is 1.95 bits per heavy atom. The summed E-state index contributed by atoms with van der Waals surface area (Å²) in [5.74, 6) is 0. The van der Waals surface area contributed by atoms with Crippen molar-refractivity contribution in [1.82, 2.24) is 4.90 Å². The van der Waals surface area contributed by atoms with Crippen molar-refractivity contribution in [2.75, 3.05) is 37.6 Å². The molecule has 0 aliphatic carbocycles. The highest BCUT2D eigenvalue weighted by atomic mass is 35.5. The molecule has 20 heavy (non-hydrogen) atoms. The highest BCUT2D eigenvalue weighted by molar-refractivity contribution is 6.33. The van der Waals surface area contributed by atoms with Crippen LogP contribution in [-0.4, -0.2) is 54.6 Å². The molecule has 1 fully saturated rings. The molecule has 1 saturated heterocycles. The van der Waals surface area contributed by atoms with Crippen LogP contribution in [0.2, 0.25) is 5.02 Å². The summed E-state index contributed by atoms with van der Waals surface area (Å²) in [4.78, 5) is 15.3. The third-order valence-electron chi connectivity index (χ3n) is 3.46. The van der Waals surface area contributed by atoms with Gasteiger partial charge in [-0.2, -0.15) is 0 Å². The maximum Gasteiger partial charge on any atom is 0.151 e. The van der Waals surface area contributed by atoms with E-state index in [1.807, 2.05) is 26.0 Å². The molecule has 0 bridgehead atoms. The summed E-state index contributed by atoms with van der Waals surface area (Å²) in [5, 5.41) is 10.3. The lowest BCUT2D eigenvalue weighted by Crippen LogP contribution is -2.50. The Balaban J connectivity index is 1.97. The first-order chi connectivity index (χ1) is 9.39. The first-order valence-electron chi connectivity index (χ1n) is 6.83. The summed E-state index contributed by atoms with van der Waals surface area (Å²) < 4.78 is 0. The van der Waals surface area contributed by atoms with Gasteiger partial charge in [-0.05, 0) is 32.0 Å². The van der Waals surface area contributed by atoms with Gasteiger partial charge in [0.15, 0.2) is 6.29 Å². The molecule has 0 radical (unpaired) electrons. The molecule has 1 aliphatic rings.